The number of alkyl halides is 3. The van der Waals surface area contributed by atoms with Crippen molar-refractivity contribution in [1.82, 2.24) is 75.3 Å². The molecule has 0 spiro atoms. The van der Waals surface area contributed by atoms with Crippen LogP contribution in [-0.2, 0) is 25.4 Å². The molecule has 0 aliphatic rings. The number of rotatable bonds is 25. The van der Waals surface area contributed by atoms with Crippen molar-refractivity contribution < 1.29 is 46.4 Å². The molecule has 0 aliphatic carbocycles. The molecule has 3 N–H and O–H groups in total. The van der Waals surface area contributed by atoms with E-state index in [4.69, 9.17) is 43.4 Å². The number of aromatic amines is 1. The molecule has 0 saturated carbocycles. The van der Waals surface area contributed by atoms with Gasteiger partial charge in [-0.15, -0.1) is 11.3 Å². The van der Waals surface area contributed by atoms with Crippen LogP contribution in [0.1, 0.15) is 31.0 Å². The fraction of sp³-hybridized carbons (Fsp3) is 0.257. The topological polar surface area (TPSA) is 261 Å². The standard InChI is InChI=1S/C26H32N6O2.C24H23F3N6O3.C24H22N6O2S/c1-18(2)27-9-6-10-32(21-11-22(33-4)14-23(12-21)34-5)20-7-8-24-25(13-20)30-26(16-28-24)19-15-29-31(3)17-19;1-32-14-15(12-30-32)22-13-29-20-5-4-16(10-21(20)31-22)33(7-6-28-23(34)24(25,26)27)17-8-18(35-2)11-19(9-17)36-3;1-15-28-17(14-33-15)13-30(19-6-20(31-2)9-21(7-19)32-3)18-4-5-22-23(8-18)29-24(12-25-22)16-10-26-27-11-16/h7-8,11-18,27H,6,9-10H2,1-5H3;4-5,8-14H,6-7H2,1-3H3,(H,28,34);4-12,14H,13H2,1-3H3,(H,26,27). The second-order valence-corrected chi connectivity index (χ2v) is 24.8. The fourth-order valence-corrected chi connectivity index (χ4v) is 11.7. The van der Waals surface area contributed by atoms with Crippen LogP contribution in [0.2, 0.25) is 0 Å². The number of aryl methyl sites for hydroxylation is 3. The SMILES string of the molecule is COc1cc(OC)cc(N(CCCNC(C)C)c2ccc3ncc(-c4cnn(C)c4)nc3c2)c1.COc1cc(OC)cc(N(CCNC(=O)C(F)(F)F)c2ccc3ncc(-c4cnn(C)c4)nc3c2)c1.COc1cc(OC)cc(N(Cc2csc(C)n2)c2ccc3ncc(-c4cn[nH]c4)nc3c2)c1. The fourth-order valence-electron chi connectivity index (χ4n) is 11.1. The number of amides is 1. The molecular weight excluding hydrogens is 1340 g/mol. The van der Waals surface area contributed by atoms with Crippen LogP contribution in [0.4, 0.5) is 47.3 Å². The minimum absolute atomic E-state index is 0.0272. The lowest BCUT2D eigenvalue weighted by Gasteiger charge is -2.26. The lowest BCUT2D eigenvalue weighted by atomic mass is 10.1. The number of carbonyl (C=O) groups excluding carboxylic acids is 1. The summed E-state index contributed by atoms with van der Waals surface area (Å²) in [6.45, 7) is 8.41. The maximum absolute atomic E-state index is 12.7. The summed E-state index contributed by atoms with van der Waals surface area (Å²) in [7, 11) is 13.3. The Morgan fingerprint density at radius 2 is 0.932 bits per heavy atom. The molecule has 6 aromatic carbocycles. The van der Waals surface area contributed by atoms with E-state index in [1.807, 2.05) is 92.3 Å². The van der Waals surface area contributed by atoms with Crippen LogP contribution in [0.5, 0.6) is 34.5 Å². The molecule has 0 atom stereocenters. The summed E-state index contributed by atoms with van der Waals surface area (Å²) >= 11 is 1.64. The van der Waals surface area contributed by atoms with Gasteiger partial charge < -0.3 is 53.8 Å². The minimum atomic E-state index is -4.97. The van der Waals surface area contributed by atoms with Crippen molar-refractivity contribution in [3.05, 3.63) is 181 Å². The molecule has 0 unspecified atom stereocenters. The van der Waals surface area contributed by atoms with Crippen LogP contribution in [-0.4, -0.2) is 152 Å². The quantitative estimate of drug-likeness (QED) is 0.0449. The van der Waals surface area contributed by atoms with E-state index in [0.717, 1.165) is 115 Å². The second-order valence-electron chi connectivity index (χ2n) is 23.8. The van der Waals surface area contributed by atoms with Crippen molar-refractivity contribution in [3.63, 3.8) is 0 Å². The number of aromatic nitrogens is 13. The van der Waals surface area contributed by atoms with Crippen molar-refractivity contribution in [2.75, 3.05) is 83.5 Å². The molecule has 0 saturated heterocycles. The van der Waals surface area contributed by atoms with E-state index < -0.39 is 12.1 Å². The first-order chi connectivity index (χ1) is 49.8. The van der Waals surface area contributed by atoms with E-state index in [2.05, 4.69) is 86.8 Å². The van der Waals surface area contributed by atoms with Crippen molar-refractivity contribution in [2.45, 2.75) is 46.0 Å². The number of halogens is 3. The predicted octanol–water partition coefficient (Wildman–Crippen LogP) is 13.6. The number of hydrogen-bond acceptors (Lipinski definition) is 22. The molecule has 13 rings (SSSR count). The van der Waals surface area contributed by atoms with Crippen LogP contribution in [0.15, 0.2) is 170 Å². The third-order valence-corrected chi connectivity index (χ3v) is 17.0. The molecule has 29 heteroatoms. The number of methoxy groups -OCH3 is 6. The van der Waals surface area contributed by atoms with E-state index >= 15 is 0 Å². The molecule has 532 valence electrons. The summed E-state index contributed by atoms with van der Waals surface area (Å²) in [4.78, 5) is 50.3. The van der Waals surface area contributed by atoms with Gasteiger partial charge in [-0.05, 0) is 74.5 Å². The molecule has 7 aromatic heterocycles. The van der Waals surface area contributed by atoms with E-state index in [-0.39, 0.29) is 13.1 Å². The average molecular weight is 1420 g/mol. The molecule has 1 amide bonds. The molecule has 0 aliphatic heterocycles. The monoisotopic (exact) mass is 1420 g/mol. The summed E-state index contributed by atoms with van der Waals surface area (Å²) in [5, 5.41) is 23.8. The smallest absolute Gasteiger partial charge is 0.471 e. The van der Waals surface area contributed by atoms with Crippen molar-refractivity contribution in [1.29, 1.82) is 0 Å². The Labute approximate surface area is 596 Å². The summed E-state index contributed by atoms with van der Waals surface area (Å²) in [6.07, 6.45) is 12.0. The third kappa shape index (κ3) is 18.3. The van der Waals surface area contributed by atoms with Gasteiger partial charge in [-0.1, -0.05) is 13.8 Å². The summed E-state index contributed by atoms with van der Waals surface area (Å²) in [5.41, 5.74) is 15.4. The van der Waals surface area contributed by atoms with Crippen LogP contribution in [0.25, 0.3) is 66.9 Å². The van der Waals surface area contributed by atoms with E-state index in [0.29, 0.717) is 63.7 Å². The Bertz CT molecular complexity index is 4970. The number of nitrogens with one attached hydrogen (secondary N) is 3. The zero-order valence-corrected chi connectivity index (χ0v) is 59.4. The maximum Gasteiger partial charge on any atom is 0.471 e. The highest BCUT2D eigenvalue weighted by Crippen LogP contribution is 2.39. The maximum atomic E-state index is 12.7. The van der Waals surface area contributed by atoms with Crippen molar-refractivity contribution >= 4 is 84.5 Å². The molecular formula is C74H77F3N18O7S. The normalized spacial score (nSPS) is 11.2. The Balaban J connectivity index is 0.000000155. The average Bonchev–Trinajstić information content (AvgIpc) is 1.53. The number of hydrogen-bond donors (Lipinski definition) is 3. The first kappa shape index (κ1) is 72.3. The first-order valence-corrected chi connectivity index (χ1v) is 33.4. The van der Waals surface area contributed by atoms with Crippen molar-refractivity contribution in [2.24, 2.45) is 14.1 Å². The minimum Gasteiger partial charge on any atom is -0.497 e. The van der Waals surface area contributed by atoms with Gasteiger partial charge in [0.05, 0.1) is 147 Å². The van der Waals surface area contributed by atoms with Gasteiger partial charge in [0.2, 0.25) is 0 Å². The highest BCUT2D eigenvalue weighted by molar-refractivity contribution is 7.09. The van der Waals surface area contributed by atoms with Crippen LogP contribution in [0.3, 0.4) is 0 Å². The van der Waals surface area contributed by atoms with Crippen LogP contribution in [0, 0.1) is 6.92 Å². The van der Waals surface area contributed by atoms with Gasteiger partial charge in [0.25, 0.3) is 0 Å². The summed E-state index contributed by atoms with van der Waals surface area (Å²) in [6, 6.07) is 34.9. The van der Waals surface area contributed by atoms with Gasteiger partial charge in [0.1, 0.15) is 34.5 Å². The summed E-state index contributed by atoms with van der Waals surface area (Å²) in [5.74, 6) is 1.91. The molecule has 13 aromatic rings. The molecule has 25 nitrogen and oxygen atoms in total. The number of ether oxygens (including phenoxy) is 6. The number of nitrogens with zero attached hydrogens (tertiary/aromatic N) is 15. The highest BCUT2D eigenvalue weighted by Gasteiger charge is 2.38. The van der Waals surface area contributed by atoms with Gasteiger partial charge in [-0.2, -0.15) is 28.5 Å². The molecule has 0 fully saturated rings. The molecule has 103 heavy (non-hydrogen) atoms. The predicted molar refractivity (Wildman–Crippen MR) is 393 cm³/mol. The number of thiazole rings is 1. The first-order valence-electron chi connectivity index (χ1n) is 32.6. The summed E-state index contributed by atoms with van der Waals surface area (Å²) < 4.78 is 74.3. The second kappa shape index (κ2) is 33.0. The number of fused-ring (bicyclic) bond motifs is 3. The number of carbonyl (C=O) groups is 1. The largest absolute Gasteiger partial charge is 0.497 e. The van der Waals surface area contributed by atoms with E-state index in [1.165, 1.54) is 14.2 Å². The van der Waals surface area contributed by atoms with E-state index in [9.17, 15) is 18.0 Å². The Kier molecular flexibility index (Phi) is 23.2. The molecule has 0 radical (unpaired) electrons. The highest BCUT2D eigenvalue weighted by atomic mass is 32.1. The molecule has 7 heterocycles. The van der Waals surface area contributed by atoms with Gasteiger partial charge >= 0.3 is 12.1 Å². The third-order valence-electron chi connectivity index (χ3n) is 16.2. The van der Waals surface area contributed by atoms with E-state index in [1.54, 1.807) is 141 Å². The lowest BCUT2D eigenvalue weighted by Crippen LogP contribution is -2.40. The van der Waals surface area contributed by atoms with Crippen LogP contribution >= 0.6 is 11.3 Å². The Hall–Kier alpha value is -12.0. The lowest BCUT2D eigenvalue weighted by molar-refractivity contribution is -0.173. The number of anilines is 6. The van der Waals surface area contributed by atoms with Crippen molar-refractivity contribution in [3.8, 4) is 68.3 Å². The number of H-pyrrole nitrogens is 1. The van der Waals surface area contributed by atoms with Gasteiger partial charge in [-0.25, -0.2) is 19.9 Å². The zero-order chi connectivity index (χ0) is 72.7. The van der Waals surface area contributed by atoms with Gasteiger partial charge in [0.15, 0.2) is 0 Å². The number of benzene rings is 6. The van der Waals surface area contributed by atoms with Gasteiger partial charge in [0, 0.05) is 169 Å². The zero-order valence-electron chi connectivity index (χ0n) is 58.6. The van der Waals surface area contributed by atoms with Crippen LogP contribution < -0.4 is 53.8 Å². The Morgan fingerprint density at radius 1 is 0.515 bits per heavy atom. The molecule has 0 bridgehead atoms. The van der Waals surface area contributed by atoms with Gasteiger partial charge in [-0.3, -0.25) is 34.2 Å². The Morgan fingerprint density at radius 3 is 1.30 bits per heavy atom.